The summed E-state index contributed by atoms with van der Waals surface area (Å²) in [5.41, 5.74) is 2.81. The predicted octanol–water partition coefficient (Wildman–Crippen LogP) is 4.28. The third-order valence-electron chi connectivity index (χ3n) is 4.32. The van der Waals surface area contributed by atoms with Crippen LogP contribution in [0.25, 0.3) is 10.9 Å². The summed E-state index contributed by atoms with van der Waals surface area (Å²) in [6, 6.07) is 13.3. The van der Waals surface area contributed by atoms with Crippen LogP contribution in [0.5, 0.6) is 0 Å². The van der Waals surface area contributed by atoms with Crippen LogP contribution in [-0.4, -0.2) is 27.9 Å². The lowest BCUT2D eigenvalue weighted by Crippen LogP contribution is -2.03. The van der Waals surface area contributed by atoms with E-state index in [9.17, 15) is 12.8 Å². The Balaban J connectivity index is 1.55. The van der Waals surface area contributed by atoms with Crippen molar-refractivity contribution < 1.29 is 17.4 Å². The summed E-state index contributed by atoms with van der Waals surface area (Å²) in [4.78, 5) is 11.5. The number of nitrogens with zero attached hydrogens (tertiary/aromatic N) is 2. The van der Waals surface area contributed by atoms with E-state index in [0.717, 1.165) is 5.69 Å². The molecule has 0 aliphatic heterocycles. The number of aromatic nitrogens is 3. The minimum Gasteiger partial charge on any atom is -0.359 e. The fourth-order valence-electron chi connectivity index (χ4n) is 3.11. The van der Waals surface area contributed by atoms with Crippen molar-refractivity contribution in [3.05, 3.63) is 71.8 Å². The second kappa shape index (κ2) is 7.73. The quantitative estimate of drug-likeness (QED) is 0.339. The SMILES string of the molecule is Cc1cc2c(F)c(Nc3ccnc(Nc4cccc(CS(=O)(=O)O)c4)n3)ccc2[nH]1. The van der Waals surface area contributed by atoms with Crippen LogP contribution in [0, 0.1) is 12.7 Å². The van der Waals surface area contributed by atoms with E-state index in [1.165, 1.54) is 6.20 Å². The number of aromatic amines is 1. The number of hydrogen-bond donors (Lipinski definition) is 4. The maximum absolute atomic E-state index is 14.8. The largest absolute Gasteiger partial charge is 0.359 e. The van der Waals surface area contributed by atoms with Crippen LogP contribution in [-0.2, 0) is 15.9 Å². The van der Waals surface area contributed by atoms with Gasteiger partial charge < -0.3 is 15.6 Å². The minimum absolute atomic E-state index is 0.239. The van der Waals surface area contributed by atoms with Gasteiger partial charge in [-0.1, -0.05) is 12.1 Å². The Hall–Kier alpha value is -3.50. The van der Waals surface area contributed by atoms with Gasteiger partial charge in [-0.3, -0.25) is 4.55 Å². The maximum atomic E-state index is 14.8. The first-order chi connectivity index (χ1) is 14.3. The second-order valence-electron chi connectivity index (χ2n) is 6.78. The van der Waals surface area contributed by atoms with Gasteiger partial charge in [0.25, 0.3) is 10.1 Å². The fourth-order valence-corrected chi connectivity index (χ4v) is 3.71. The molecule has 0 aliphatic rings. The van der Waals surface area contributed by atoms with Crippen molar-refractivity contribution in [2.75, 3.05) is 10.6 Å². The van der Waals surface area contributed by atoms with Gasteiger partial charge in [0.15, 0.2) is 5.82 Å². The second-order valence-corrected chi connectivity index (χ2v) is 8.24. The highest BCUT2D eigenvalue weighted by atomic mass is 32.2. The van der Waals surface area contributed by atoms with Crippen molar-refractivity contribution >= 4 is 44.2 Å². The molecule has 0 unspecified atom stereocenters. The molecule has 0 saturated carbocycles. The molecule has 4 rings (SSSR count). The zero-order chi connectivity index (χ0) is 21.3. The van der Waals surface area contributed by atoms with Crippen LogP contribution in [0.2, 0.25) is 0 Å². The van der Waals surface area contributed by atoms with E-state index < -0.39 is 15.9 Å². The molecule has 0 aliphatic carbocycles. The highest BCUT2D eigenvalue weighted by Crippen LogP contribution is 2.27. The average Bonchev–Trinajstić information content (AvgIpc) is 3.05. The number of halogens is 1. The van der Waals surface area contributed by atoms with Crippen LogP contribution >= 0.6 is 0 Å². The highest BCUT2D eigenvalue weighted by Gasteiger charge is 2.11. The third kappa shape index (κ3) is 4.56. The Bertz CT molecular complexity index is 1340. The molecule has 0 radical (unpaired) electrons. The molecular formula is C20H18FN5O3S. The Kier molecular flexibility index (Phi) is 5.10. The smallest absolute Gasteiger partial charge is 0.269 e. The number of aryl methyl sites for hydroxylation is 1. The molecule has 0 fully saturated rings. The van der Waals surface area contributed by atoms with Crippen molar-refractivity contribution in [2.24, 2.45) is 0 Å². The van der Waals surface area contributed by atoms with Gasteiger partial charge in [0, 0.05) is 28.5 Å². The maximum Gasteiger partial charge on any atom is 0.269 e. The summed E-state index contributed by atoms with van der Waals surface area (Å²) in [6.45, 7) is 1.86. The van der Waals surface area contributed by atoms with Crippen molar-refractivity contribution in [1.29, 1.82) is 0 Å². The average molecular weight is 427 g/mol. The van der Waals surface area contributed by atoms with Gasteiger partial charge in [0.1, 0.15) is 11.6 Å². The van der Waals surface area contributed by atoms with Gasteiger partial charge in [-0.25, -0.2) is 9.37 Å². The number of hydrogen-bond acceptors (Lipinski definition) is 6. The molecule has 2 aromatic carbocycles. The monoisotopic (exact) mass is 427 g/mol. The third-order valence-corrected chi connectivity index (χ3v) is 5.02. The normalized spacial score (nSPS) is 11.6. The highest BCUT2D eigenvalue weighted by molar-refractivity contribution is 7.85. The summed E-state index contributed by atoms with van der Waals surface area (Å²) in [6.07, 6.45) is 1.51. The number of rotatable bonds is 6. The minimum atomic E-state index is -4.13. The van der Waals surface area contributed by atoms with Gasteiger partial charge in [0.2, 0.25) is 5.95 Å². The molecule has 10 heteroatoms. The predicted molar refractivity (Wildman–Crippen MR) is 113 cm³/mol. The topological polar surface area (TPSA) is 120 Å². The number of H-pyrrole nitrogens is 1. The summed E-state index contributed by atoms with van der Waals surface area (Å²) in [5.74, 6) is -0.260. The van der Waals surface area contributed by atoms with E-state index in [1.807, 2.05) is 6.92 Å². The first kappa shape index (κ1) is 19.8. The molecule has 0 spiro atoms. The Labute approximate surface area is 171 Å². The lowest BCUT2D eigenvalue weighted by atomic mass is 10.2. The molecule has 2 aromatic heterocycles. The van der Waals surface area contributed by atoms with Crippen molar-refractivity contribution in [3.8, 4) is 0 Å². The van der Waals surface area contributed by atoms with E-state index in [4.69, 9.17) is 4.55 Å². The summed E-state index contributed by atoms with van der Waals surface area (Å²) in [5, 5.41) is 6.40. The van der Waals surface area contributed by atoms with Crippen LogP contribution in [0.3, 0.4) is 0 Å². The number of benzene rings is 2. The first-order valence-corrected chi connectivity index (χ1v) is 10.6. The van der Waals surface area contributed by atoms with E-state index in [0.29, 0.717) is 28.0 Å². The van der Waals surface area contributed by atoms with E-state index >= 15 is 0 Å². The van der Waals surface area contributed by atoms with Crippen LogP contribution in [0.4, 0.5) is 27.5 Å². The van der Waals surface area contributed by atoms with E-state index in [2.05, 4.69) is 25.6 Å². The molecule has 4 N–H and O–H groups in total. The molecule has 0 saturated heterocycles. The van der Waals surface area contributed by atoms with Crippen LogP contribution in [0.1, 0.15) is 11.3 Å². The zero-order valence-corrected chi connectivity index (χ0v) is 16.7. The molecule has 0 bridgehead atoms. The van der Waals surface area contributed by atoms with Crippen LogP contribution < -0.4 is 10.6 Å². The Morgan fingerprint density at radius 2 is 1.97 bits per heavy atom. The van der Waals surface area contributed by atoms with E-state index in [-0.39, 0.29) is 17.5 Å². The molecule has 154 valence electrons. The fraction of sp³-hybridized carbons (Fsp3) is 0.100. The molecule has 0 amide bonds. The number of fused-ring (bicyclic) bond motifs is 1. The van der Waals surface area contributed by atoms with E-state index in [1.54, 1.807) is 48.5 Å². The van der Waals surface area contributed by atoms with Gasteiger partial charge in [-0.2, -0.15) is 13.4 Å². The molecule has 8 nitrogen and oxygen atoms in total. The molecule has 4 aromatic rings. The molecule has 0 atom stereocenters. The zero-order valence-electron chi connectivity index (χ0n) is 15.8. The Morgan fingerprint density at radius 3 is 2.77 bits per heavy atom. The summed E-state index contributed by atoms with van der Waals surface area (Å²) < 4.78 is 45.9. The van der Waals surface area contributed by atoms with Gasteiger partial charge in [0.05, 0.1) is 5.69 Å². The molecule has 30 heavy (non-hydrogen) atoms. The lowest BCUT2D eigenvalue weighted by molar-refractivity contribution is 0.482. The summed E-state index contributed by atoms with van der Waals surface area (Å²) in [7, 11) is -4.13. The van der Waals surface area contributed by atoms with Gasteiger partial charge >= 0.3 is 0 Å². The van der Waals surface area contributed by atoms with Crippen molar-refractivity contribution in [2.45, 2.75) is 12.7 Å². The van der Waals surface area contributed by atoms with Crippen LogP contribution in [0.15, 0.2) is 54.7 Å². The standard InChI is InChI=1S/C20H18FN5O3S/c1-12-9-15-16(23-12)5-6-17(19(15)21)25-18-7-8-22-20(26-18)24-14-4-2-3-13(10-14)11-30(27,28)29/h2-10,23H,11H2,1H3,(H,27,28,29)(H2,22,24,25,26). The Morgan fingerprint density at radius 1 is 1.13 bits per heavy atom. The van der Waals surface area contributed by atoms with Gasteiger partial charge in [-0.05, 0) is 48.9 Å². The lowest BCUT2D eigenvalue weighted by Gasteiger charge is -2.10. The summed E-state index contributed by atoms with van der Waals surface area (Å²) >= 11 is 0. The molecule has 2 heterocycles. The molecular weight excluding hydrogens is 409 g/mol. The number of anilines is 4. The first-order valence-electron chi connectivity index (χ1n) is 8.96. The van der Waals surface area contributed by atoms with Crippen molar-refractivity contribution in [3.63, 3.8) is 0 Å². The van der Waals surface area contributed by atoms with Crippen molar-refractivity contribution in [1.82, 2.24) is 15.0 Å². The number of nitrogens with one attached hydrogen (secondary N) is 3. The van der Waals surface area contributed by atoms with Gasteiger partial charge in [-0.15, -0.1) is 0 Å².